The number of hydrogen-bond acceptors (Lipinski definition) is 6. The maximum absolute atomic E-state index is 12.9. The van der Waals surface area contributed by atoms with Crippen molar-refractivity contribution in [1.29, 1.82) is 0 Å². The number of carbonyl (C=O) groups excluding carboxylic acids is 1. The molecule has 0 bridgehead atoms. The number of phenolic OH excluding ortho intramolecular Hbond substituents is 1. The van der Waals surface area contributed by atoms with E-state index in [1.54, 1.807) is 38.7 Å². The number of carbonyl (C=O) groups is 1. The minimum Gasteiger partial charge on any atom is -0.507 e. The number of halogens is 3. The van der Waals surface area contributed by atoms with Gasteiger partial charge in [-0.2, -0.15) is 18.3 Å². The van der Waals surface area contributed by atoms with Gasteiger partial charge >= 0.3 is 12.3 Å². The lowest BCUT2D eigenvalue weighted by molar-refractivity contribution is -0.137. The SMILES string of the molecule is Cc1cc([C@H](O)[C@@H]2CCCN(C(=O)OC(C)(C)C)C2)nnc1-c1ccc(C(F)(F)F)cc1O. The number of alkyl halides is 3. The van der Waals surface area contributed by atoms with Crippen LogP contribution in [0, 0.1) is 12.8 Å². The van der Waals surface area contributed by atoms with Gasteiger partial charge in [0.25, 0.3) is 0 Å². The molecule has 0 radical (unpaired) electrons. The van der Waals surface area contributed by atoms with Gasteiger partial charge in [0, 0.05) is 24.6 Å². The number of piperidine rings is 1. The van der Waals surface area contributed by atoms with Crippen LogP contribution in [0.4, 0.5) is 18.0 Å². The van der Waals surface area contributed by atoms with Crippen LogP contribution in [0.15, 0.2) is 24.3 Å². The highest BCUT2D eigenvalue weighted by Crippen LogP contribution is 2.37. The second-order valence-electron chi connectivity index (χ2n) is 9.30. The van der Waals surface area contributed by atoms with Crippen LogP contribution in [-0.2, 0) is 10.9 Å². The van der Waals surface area contributed by atoms with Gasteiger partial charge in [0.15, 0.2) is 0 Å². The summed E-state index contributed by atoms with van der Waals surface area (Å²) < 4.78 is 44.0. The van der Waals surface area contributed by atoms with Gasteiger partial charge < -0.3 is 19.8 Å². The first-order valence-electron chi connectivity index (χ1n) is 10.7. The Morgan fingerprint density at radius 3 is 2.48 bits per heavy atom. The van der Waals surface area contributed by atoms with Crippen molar-refractivity contribution in [1.82, 2.24) is 15.1 Å². The minimum absolute atomic E-state index is 0.114. The van der Waals surface area contributed by atoms with Crippen molar-refractivity contribution in [2.24, 2.45) is 5.92 Å². The molecule has 2 aromatic rings. The molecule has 2 heterocycles. The Balaban J connectivity index is 1.77. The van der Waals surface area contributed by atoms with E-state index in [2.05, 4.69) is 10.2 Å². The lowest BCUT2D eigenvalue weighted by Crippen LogP contribution is -2.44. The Labute approximate surface area is 190 Å². The van der Waals surface area contributed by atoms with Crippen molar-refractivity contribution in [2.75, 3.05) is 13.1 Å². The van der Waals surface area contributed by atoms with Gasteiger partial charge in [-0.1, -0.05) is 0 Å². The zero-order valence-electron chi connectivity index (χ0n) is 19.0. The average Bonchev–Trinajstić information content (AvgIpc) is 2.71. The van der Waals surface area contributed by atoms with E-state index in [9.17, 15) is 28.2 Å². The highest BCUT2D eigenvalue weighted by molar-refractivity contribution is 5.70. The highest BCUT2D eigenvalue weighted by Gasteiger charge is 2.33. The van der Waals surface area contributed by atoms with E-state index in [4.69, 9.17) is 4.74 Å². The third-order valence-electron chi connectivity index (χ3n) is 5.44. The predicted octanol–water partition coefficient (Wildman–Crippen LogP) is 4.86. The fourth-order valence-corrected chi connectivity index (χ4v) is 3.83. The number of aliphatic hydroxyl groups is 1. The van der Waals surface area contributed by atoms with E-state index in [0.29, 0.717) is 43.3 Å². The number of hydrogen-bond donors (Lipinski definition) is 2. The fraction of sp³-hybridized carbons (Fsp3) is 0.522. The van der Waals surface area contributed by atoms with Gasteiger partial charge in [0.1, 0.15) is 17.5 Å². The molecule has 10 heteroatoms. The summed E-state index contributed by atoms with van der Waals surface area (Å²) in [5.41, 5.74) is -0.426. The van der Waals surface area contributed by atoms with Crippen LogP contribution in [0.3, 0.4) is 0 Å². The number of likely N-dealkylation sites (tertiary alicyclic amines) is 1. The van der Waals surface area contributed by atoms with Crippen LogP contribution < -0.4 is 0 Å². The Bertz CT molecular complexity index is 1020. The van der Waals surface area contributed by atoms with E-state index < -0.39 is 35.3 Å². The number of ether oxygens (including phenoxy) is 1. The van der Waals surface area contributed by atoms with Crippen LogP contribution in [0.25, 0.3) is 11.3 Å². The lowest BCUT2D eigenvalue weighted by atomic mass is 9.90. The minimum atomic E-state index is -4.57. The van der Waals surface area contributed by atoms with Crippen LogP contribution in [-0.4, -0.2) is 50.1 Å². The van der Waals surface area contributed by atoms with Gasteiger partial charge in [-0.05, 0) is 70.4 Å². The van der Waals surface area contributed by atoms with Gasteiger partial charge in [0.05, 0.1) is 17.0 Å². The van der Waals surface area contributed by atoms with E-state index in [1.807, 2.05) is 0 Å². The molecule has 2 N–H and O–H groups in total. The number of nitrogens with zero attached hydrogens (tertiary/aromatic N) is 3. The van der Waals surface area contributed by atoms with Gasteiger partial charge in [-0.3, -0.25) is 0 Å². The number of phenols is 1. The smallest absolute Gasteiger partial charge is 0.416 e. The molecule has 1 aromatic heterocycles. The summed E-state index contributed by atoms with van der Waals surface area (Å²) >= 11 is 0. The molecule has 1 saturated heterocycles. The molecule has 1 aliphatic rings. The van der Waals surface area contributed by atoms with Gasteiger partial charge in [0.2, 0.25) is 0 Å². The maximum atomic E-state index is 12.9. The zero-order valence-corrected chi connectivity index (χ0v) is 19.0. The van der Waals surface area contributed by atoms with Crippen LogP contribution in [0.1, 0.15) is 56.5 Å². The average molecular weight is 467 g/mol. The summed E-state index contributed by atoms with van der Waals surface area (Å²) in [6.45, 7) is 7.87. The number of benzene rings is 1. The number of aliphatic hydroxyl groups excluding tert-OH is 1. The molecule has 0 saturated carbocycles. The lowest BCUT2D eigenvalue weighted by Gasteiger charge is -2.35. The second kappa shape index (κ2) is 9.17. The topological polar surface area (TPSA) is 95.8 Å². The van der Waals surface area contributed by atoms with Crippen molar-refractivity contribution in [3.05, 3.63) is 41.1 Å². The number of aromatic hydroxyl groups is 1. The Kier molecular flexibility index (Phi) is 6.88. The third-order valence-corrected chi connectivity index (χ3v) is 5.44. The molecular weight excluding hydrogens is 439 g/mol. The first-order chi connectivity index (χ1) is 15.3. The van der Waals surface area contributed by atoms with Crippen molar-refractivity contribution >= 4 is 6.09 Å². The number of aryl methyl sites for hydroxylation is 1. The first-order valence-corrected chi connectivity index (χ1v) is 10.7. The van der Waals surface area contributed by atoms with Crippen LogP contribution in [0.5, 0.6) is 5.75 Å². The van der Waals surface area contributed by atoms with Crippen molar-refractivity contribution in [3.63, 3.8) is 0 Å². The predicted molar refractivity (Wildman–Crippen MR) is 114 cm³/mol. The van der Waals surface area contributed by atoms with E-state index in [0.717, 1.165) is 12.1 Å². The van der Waals surface area contributed by atoms with Crippen LogP contribution >= 0.6 is 0 Å². The molecule has 180 valence electrons. The largest absolute Gasteiger partial charge is 0.507 e. The highest BCUT2D eigenvalue weighted by atomic mass is 19.4. The third kappa shape index (κ3) is 5.93. The van der Waals surface area contributed by atoms with Gasteiger partial charge in [-0.25, -0.2) is 4.79 Å². The molecule has 2 atom stereocenters. The van der Waals surface area contributed by atoms with E-state index in [1.165, 1.54) is 0 Å². The first kappa shape index (κ1) is 24.8. The van der Waals surface area contributed by atoms with Crippen molar-refractivity contribution < 1.29 is 32.9 Å². The molecule has 0 aliphatic carbocycles. The summed E-state index contributed by atoms with van der Waals surface area (Å²) in [7, 11) is 0. The van der Waals surface area contributed by atoms with E-state index >= 15 is 0 Å². The monoisotopic (exact) mass is 467 g/mol. The Hall–Kier alpha value is -2.88. The molecule has 1 amide bonds. The summed E-state index contributed by atoms with van der Waals surface area (Å²) in [6.07, 6.45) is -4.61. The Morgan fingerprint density at radius 2 is 1.91 bits per heavy atom. The summed E-state index contributed by atoms with van der Waals surface area (Å²) in [5, 5.41) is 29.1. The fourth-order valence-electron chi connectivity index (χ4n) is 3.83. The molecule has 0 unspecified atom stereocenters. The second-order valence-corrected chi connectivity index (χ2v) is 9.30. The Morgan fingerprint density at radius 1 is 1.21 bits per heavy atom. The van der Waals surface area contributed by atoms with Crippen molar-refractivity contribution in [2.45, 2.75) is 58.4 Å². The summed E-state index contributed by atoms with van der Waals surface area (Å²) in [5.74, 6) is -0.832. The molecule has 0 spiro atoms. The normalized spacial score (nSPS) is 18.2. The van der Waals surface area contributed by atoms with E-state index in [-0.39, 0.29) is 17.2 Å². The standard InChI is InChI=1S/C23H28F3N3O4/c1-13-10-17(20(31)14-6-5-9-29(12-14)21(32)33-22(2,3)4)27-28-19(13)16-8-7-15(11-18(16)30)23(24,25)26/h7-8,10-11,14,20,30-31H,5-6,9,12H2,1-4H3/t14-,20-/m1/s1. The van der Waals surface area contributed by atoms with Crippen molar-refractivity contribution in [3.8, 4) is 17.0 Å². The van der Waals surface area contributed by atoms with Crippen LogP contribution in [0.2, 0.25) is 0 Å². The molecule has 1 aliphatic heterocycles. The molecular formula is C23H28F3N3O4. The maximum Gasteiger partial charge on any atom is 0.416 e. The quantitative estimate of drug-likeness (QED) is 0.670. The summed E-state index contributed by atoms with van der Waals surface area (Å²) in [6, 6.07) is 4.25. The molecule has 1 aromatic carbocycles. The molecule has 7 nitrogen and oxygen atoms in total. The number of rotatable bonds is 3. The molecule has 3 rings (SSSR count). The van der Waals surface area contributed by atoms with Gasteiger partial charge in [-0.15, -0.1) is 5.10 Å². The zero-order chi connectivity index (χ0) is 24.6. The molecule has 33 heavy (non-hydrogen) atoms. The number of aromatic nitrogens is 2. The summed E-state index contributed by atoms with van der Waals surface area (Å²) in [4.78, 5) is 14.0. The molecule has 1 fully saturated rings. The number of amides is 1.